The molecule has 2 atom stereocenters. The molecule has 1 nitrogen and oxygen atoms in total. The molecule has 0 heterocycles. The fourth-order valence-electron chi connectivity index (χ4n) is 1.24. The second-order valence-electron chi connectivity index (χ2n) is 4.51. The Morgan fingerprint density at radius 2 is 1.79 bits per heavy atom. The molecule has 0 aromatic heterocycles. The van der Waals surface area contributed by atoms with Crippen LogP contribution >= 0.6 is 11.8 Å². The minimum absolute atomic E-state index is 0.705. The van der Waals surface area contributed by atoms with Gasteiger partial charge in [-0.3, -0.25) is 0 Å². The van der Waals surface area contributed by atoms with Crippen molar-refractivity contribution >= 4 is 11.8 Å². The normalized spacial score (nSPS) is 15.9. The maximum absolute atomic E-state index is 3.42. The van der Waals surface area contributed by atoms with Gasteiger partial charge in [-0.1, -0.05) is 27.7 Å². The summed E-state index contributed by atoms with van der Waals surface area (Å²) in [5.41, 5.74) is 0. The lowest BCUT2D eigenvalue weighted by molar-refractivity contribution is 0.479. The average Bonchev–Trinajstić information content (AvgIpc) is 2.17. The van der Waals surface area contributed by atoms with Crippen molar-refractivity contribution in [1.82, 2.24) is 5.32 Å². The van der Waals surface area contributed by atoms with Gasteiger partial charge in [-0.15, -0.1) is 0 Å². The van der Waals surface area contributed by atoms with Crippen LogP contribution in [0.3, 0.4) is 0 Å². The third-order valence-corrected chi connectivity index (χ3v) is 4.15. The zero-order chi connectivity index (χ0) is 11.0. The van der Waals surface area contributed by atoms with Crippen LogP contribution in [0.15, 0.2) is 0 Å². The molecule has 0 saturated heterocycles. The first kappa shape index (κ1) is 14.3. The van der Waals surface area contributed by atoms with Gasteiger partial charge in [0.25, 0.3) is 0 Å². The highest BCUT2D eigenvalue weighted by Gasteiger charge is 2.09. The van der Waals surface area contributed by atoms with Crippen LogP contribution in [0, 0.1) is 5.92 Å². The lowest BCUT2D eigenvalue weighted by atomic mass is 10.0. The van der Waals surface area contributed by atoms with Crippen LogP contribution in [0.5, 0.6) is 0 Å². The topological polar surface area (TPSA) is 12.0 Å². The van der Waals surface area contributed by atoms with Gasteiger partial charge in [0, 0.05) is 17.0 Å². The molecule has 0 aromatic rings. The minimum atomic E-state index is 0.705. The molecule has 0 radical (unpaired) electrons. The molecule has 0 rings (SSSR count). The fraction of sp³-hybridized carbons (Fsp3) is 1.00. The predicted octanol–water partition coefficient (Wildman–Crippen LogP) is 3.54. The first-order chi connectivity index (χ1) is 6.60. The van der Waals surface area contributed by atoms with Gasteiger partial charge >= 0.3 is 0 Å². The van der Waals surface area contributed by atoms with Crippen LogP contribution in [0.1, 0.15) is 47.0 Å². The van der Waals surface area contributed by atoms with E-state index in [1.807, 2.05) is 0 Å². The third-order valence-electron chi connectivity index (χ3n) is 2.66. The summed E-state index contributed by atoms with van der Waals surface area (Å²) in [6.45, 7) is 9.18. The highest BCUT2D eigenvalue weighted by atomic mass is 32.2. The SMILES string of the molecule is CCC(C)SCC(CCC(C)C)NC. The van der Waals surface area contributed by atoms with Gasteiger partial charge in [0.2, 0.25) is 0 Å². The van der Waals surface area contributed by atoms with Crippen LogP contribution in [-0.4, -0.2) is 24.1 Å². The molecular weight excluding hydrogens is 190 g/mol. The highest BCUT2D eigenvalue weighted by molar-refractivity contribution is 7.99. The fourth-order valence-corrected chi connectivity index (χ4v) is 2.37. The molecule has 2 heteroatoms. The molecule has 0 saturated carbocycles. The molecule has 0 fully saturated rings. The van der Waals surface area contributed by atoms with Crippen molar-refractivity contribution < 1.29 is 0 Å². The van der Waals surface area contributed by atoms with Gasteiger partial charge < -0.3 is 5.32 Å². The molecular formula is C12H27NS. The van der Waals surface area contributed by atoms with Crippen molar-refractivity contribution in [1.29, 1.82) is 0 Å². The minimum Gasteiger partial charge on any atom is -0.316 e. The van der Waals surface area contributed by atoms with E-state index in [1.54, 1.807) is 0 Å². The number of hydrogen-bond acceptors (Lipinski definition) is 2. The maximum Gasteiger partial charge on any atom is 0.0155 e. The van der Waals surface area contributed by atoms with E-state index < -0.39 is 0 Å². The molecule has 0 amide bonds. The van der Waals surface area contributed by atoms with E-state index in [-0.39, 0.29) is 0 Å². The van der Waals surface area contributed by atoms with E-state index in [4.69, 9.17) is 0 Å². The van der Waals surface area contributed by atoms with Crippen molar-refractivity contribution in [2.45, 2.75) is 58.2 Å². The zero-order valence-corrected chi connectivity index (χ0v) is 11.3. The van der Waals surface area contributed by atoms with E-state index in [1.165, 1.54) is 25.0 Å². The summed E-state index contributed by atoms with van der Waals surface area (Å²) >= 11 is 2.10. The van der Waals surface area contributed by atoms with E-state index in [9.17, 15) is 0 Å². The van der Waals surface area contributed by atoms with Crippen molar-refractivity contribution in [2.75, 3.05) is 12.8 Å². The Kier molecular flexibility index (Phi) is 8.80. The summed E-state index contributed by atoms with van der Waals surface area (Å²) in [5.74, 6) is 2.09. The molecule has 1 N–H and O–H groups in total. The van der Waals surface area contributed by atoms with Crippen molar-refractivity contribution in [3.05, 3.63) is 0 Å². The molecule has 0 aliphatic carbocycles. The van der Waals surface area contributed by atoms with Crippen LogP contribution in [0.25, 0.3) is 0 Å². The number of nitrogens with one attached hydrogen (secondary N) is 1. The predicted molar refractivity (Wildman–Crippen MR) is 69.1 cm³/mol. The Hall–Kier alpha value is 0.310. The summed E-state index contributed by atoms with van der Waals surface area (Å²) in [7, 11) is 2.09. The summed E-state index contributed by atoms with van der Waals surface area (Å²) in [6.07, 6.45) is 3.94. The Labute approximate surface area is 94.4 Å². The maximum atomic E-state index is 3.42. The number of hydrogen-bond donors (Lipinski definition) is 1. The summed E-state index contributed by atoms with van der Waals surface area (Å²) in [4.78, 5) is 0. The average molecular weight is 217 g/mol. The molecule has 0 aliphatic rings. The molecule has 0 bridgehead atoms. The van der Waals surface area contributed by atoms with Crippen LogP contribution in [0.4, 0.5) is 0 Å². The first-order valence-corrected chi connectivity index (χ1v) is 6.93. The van der Waals surface area contributed by atoms with Gasteiger partial charge in [-0.2, -0.15) is 11.8 Å². The van der Waals surface area contributed by atoms with Crippen LogP contribution < -0.4 is 5.32 Å². The van der Waals surface area contributed by atoms with Crippen LogP contribution in [0.2, 0.25) is 0 Å². The molecule has 2 unspecified atom stereocenters. The lowest BCUT2D eigenvalue weighted by Gasteiger charge is -2.18. The van der Waals surface area contributed by atoms with Gasteiger partial charge in [0.1, 0.15) is 0 Å². The monoisotopic (exact) mass is 217 g/mol. The van der Waals surface area contributed by atoms with Gasteiger partial charge in [0.05, 0.1) is 0 Å². The number of rotatable bonds is 8. The summed E-state index contributed by atoms with van der Waals surface area (Å²) < 4.78 is 0. The highest BCUT2D eigenvalue weighted by Crippen LogP contribution is 2.17. The molecule has 0 aliphatic heterocycles. The van der Waals surface area contributed by atoms with Crippen LogP contribution in [-0.2, 0) is 0 Å². The van der Waals surface area contributed by atoms with Crippen molar-refractivity contribution in [2.24, 2.45) is 5.92 Å². The van der Waals surface area contributed by atoms with Crippen molar-refractivity contribution in [3.8, 4) is 0 Å². The largest absolute Gasteiger partial charge is 0.316 e. The van der Waals surface area contributed by atoms with E-state index in [0.29, 0.717) is 6.04 Å². The molecule has 14 heavy (non-hydrogen) atoms. The molecule has 86 valence electrons. The van der Waals surface area contributed by atoms with E-state index in [0.717, 1.165) is 11.2 Å². The Morgan fingerprint density at radius 1 is 1.14 bits per heavy atom. The second kappa shape index (κ2) is 8.60. The Morgan fingerprint density at radius 3 is 2.21 bits per heavy atom. The van der Waals surface area contributed by atoms with Gasteiger partial charge in [-0.05, 0) is 32.2 Å². The van der Waals surface area contributed by atoms with Crippen molar-refractivity contribution in [3.63, 3.8) is 0 Å². The Bertz CT molecular complexity index is 125. The molecule has 0 spiro atoms. The third kappa shape index (κ3) is 7.69. The number of thioether (sulfide) groups is 1. The lowest BCUT2D eigenvalue weighted by Crippen LogP contribution is -2.28. The van der Waals surface area contributed by atoms with Gasteiger partial charge in [-0.25, -0.2) is 0 Å². The smallest absolute Gasteiger partial charge is 0.0155 e. The summed E-state index contributed by atoms with van der Waals surface area (Å²) in [5, 5.41) is 4.23. The summed E-state index contributed by atoms with van der Waals surface area (Å²) in [6, 6.07) is 0.705. The standard InChI is InChI=1S/C12H27NS/c1-6-11(4)14-9-12(13-5)8-7-10(2)3/h10-13H,6-9H2,1-5H3. The van der Waals surface area contributed by atoms with E-state index >= 15 is 0 Å². The van der Waals surface area contributed by atoms with Gasteiger partial charge in [0.15, 0.2) is 0 Å². The molecule has 0 aromatic carbocycles. The Balaban J connectivity index is 3.57. The first-order valence-electron chi connectivity index (χ1n) is 5.89. The second-order valence-corrected chi connectivity index (χ2v) is 5.98. The quantitative estimate of drug-likeness (QED) is 0.667. The zero-order valence-electron chi connectivity index (χ0n) is 10.5. The van der Waals surface area contributed by atoms with E-state index in [2.05, 4.69) is 51.8 Å².